The van der Waals surface area contributed by atoms with Crippen LogP contribution in [0.1, 0.15) is 5.56 Å². The number of imidazole rings is 1. The van der Waals surface area contributed by atoms with Gasteiger partial charge in [-0.2, -0.15) is 0 Å². The van der Waals surface area contributed by atoms with Crippen LogP contribution in [0.4, 0.5) is 0 Å². The SMILES string of the molecule is Cc1ccc(-c2ccn3c(-c4cnc5ccccc5n4)cnc3n2)cc1. The minimum absolute atomic E-state index is 0.646. The Bertz CT molecular complexity index is 1240. The van der Waals surface area contributed by atoms with Crippen molar-refractivity contribution in [2.24, 2.45) is 0 Å². The summed E-state index contributed by atoms with van der Waals surface area (Å²) in [5.74, 6) is 0.646. The first-order valence-corrected chi connectivity index (χ1v) is 8.41. The summed E-state index contributed by atoms with van der Waals surface area (Å²) in [5, 5.41) is 0. The van der Waals surface area contributed by atoms with Crippen molar-refractivity contribution in [2.45, 2.75) is 6.92 Å². The number of benzene rings is 2. The fourth-order valence-electron chi connectivity index (χ4n) is 3.03. The highest BCUT2D eigenvalue weighted by Crippen LogP contribution is 2.23. The summed E-state index contributed by atoms with van der Waals surface area (Å²) in [5.41, 5.74) is 6.61. The van der Waals surface area contributed by atoms with E-state index in [-0.39, 0.29) is 0 Å². The zero-order chi connectivity index (χ0) is 17.5. The molecule has 26 heavy (non-hydrogen) atoms. The maximum Gasteiger partial charge on any atom is 0.234 e. The summed E-state index contributed by atoms with van der Waals surface area (Å²) in [6.45, 7) is 2.08. The molecule has 0 aliphatic rings. The highest BCUT2D eigenvalue weighted by molar-refractivity contribution is 5.76. The minimum atomic E-state index is 0.646. The van der Waals surface area contributed by atoms with E-state index in [9.17, 15) is 0 Å². The third-order valence-electron chi connectivity index (χ3n) is 4.44. The molecule has 0 aliphatic carbocycles. The predicted molar refractivity (Wildman–Crippen MR) is 102 cm³/mol. The molecule has 5 heteroatoms. The van der Waals surface area contributed by atoms with E-state index in [0.29, 0.717) is 5.78 Å². The maximum atomic E-state index is 4.71. The molecule has 0 radical (unpaired) electrons. The van der Waals surface area contributed by atoms with Crippen LogP contribution in [0.3, 0.4) is 0 Å². The van der Waals surface area contributed by atoms with Crippen molar-refractivity contribution in [1.29, 1.82) is 0 Å². The Morgan fingerprint density at radius 2 is 1.54 bits per heavy atom. The molecule has 5 rings (SSSR count). The van der Waals surface area contributed by atoms with Gasteiger partial charge in [0.25, 0.3) is 0 Å². The van der Waals surface area contributed by atoms with Gasteiger partial charge in [-0.15, -0.1) is 0 Å². The van der Waals surface area contributed by atoms with Gasteiger partial charge >= 0.3 is 0 Å². The molecule has 0 atom stereocenters. The zero-order valence-corrected chi connectivity index (χ0v) is 14.2. The van der Waals surface area contributed by atoms with Crippen LogP contribution in [-0.4, -0.2) is 24.3 Å². The van der Waals surface area contributed by atoms with Gasteiger partial charge in [0.15, 0.2) is 0 Å². The summed E-state index contributed by atoms with van der Waals surface area (Å²) in [7, 11) is 0. The van der Waals surface area contributed by atoms with Crippen molar-refractivity contribution in [3.05, 3.63) is 78.8 Å². The first-order valence-electron chi connectivity index (χ1n) is 8.41. The Hall–Kier alpha value is -3.60. The largest absolute Gasteiger partial charge is 0.282 e. The summed E-state index contributed by atoms with van der Waals surface area (Å²) in [6, 6.07) is 18.2. The zero-order valence-electron chi connectivity index (χ0n) is 14.2. The lowest BCUT2D eigenvalue weighted by Gasteiger charge is -2.05. The number of para-hydroxylation sites is 2. The highest BCUT2D eigenvalue weighted by atomic mass is 15.1. The van der Waals surface area contributed by atoms with E-state index in [1.165, 1.54) is 5.56 Å². The number of aromatic nitrogens is 5. The number of aryl methyl sites for hydroxylation is 1. The van der Waals surface area contributed by atoms with Crippen LogP contribution in [0.25, 0.3) is 39.5 Å². The van der Waals surface area contributed by atoms with Crippen molar-refractivity contribution in [2.75, 3.05) is 0 Å². The summed E-state index contributed by atoms with van der Waals surface area (Å²) in [6.07, 6.45) is 5.55. The van der Waals surface area contributed by atoms with Crippen LogP contribution in [0.5, 0.6) is 0 Å². The molecule has 0 bridgehead atoms. The molecule has 0 saturated carbocycles. The molecule has 0 N–H and O–H groups in total. The molecule has 124 valence electrons. The van der Waals surface area contributed by atoms with E-state index in [4.69, 9.17) is 4.98 Å². The lowest BCUT2D eigenvalue weighted by molar-refractivity contribution is 1.10. The monoisotopic (exact) mass is 337 g/mol. The van der Waals surface area contributed by atoms with Crippen LogP contribution in [0, 0.1) is 6.92 Å². The van der Waals surface area contributed by atoms with E-state index in [2.05, 4.69) is 46.1 Å². The van der Waals surface area contributed by atoms with Gasteiger partial charge < -0.3 is 0 Å². The second-order valence-electron chi connectivity index (χ2n) is 6.24. The smallest absolute Gasteiger partial charge is 0.234 e. The van der Waals surface area contributed by atoms with Crippen molar-refractivity contribution in [3.63, 3.8) is 0 Å². The van der Waals surface area contributed by atoms with Crippen molar-refractivity contribution < 1.29 is 0 Å². The molecule has 0 spiro atoms. The Morgan fingerprint density at radius 1 is 0.731 bits per heavy atom. The second-order valence-corrected chi connectivity index (χ2v) is 6.24. The van der Waals surface area contributed by atoms with Crippen molar-refractivity contribution in [3.8, 4) is 22.6 Å². The number of rotatable bonds is 2. The number of fused-ring (bicyclic) bond motifs is 2. The molecule has 5 nitrogen and oxygen atoms in total. The fourth-order valence-corrected chi connectivity index (χ4v) is 3.03. The first kappa shape index (κ1) is 14.7. The Balaban J connectivity index is 1.61. The lowest BCUT2D eigenvalue weighted by Crippen LogP contribution is -1.95. The normalized spacial score (nSPS) is 11.3. The summed E-state index contributed by atoms with van der Waals surface area (Å²) >= 11 is 0. The molecule has 0 saturated heterocycles. The molecule has 0 amide bonds. The number of hydrogen-bond acceptors (Lipinski definition) is 4. The van der Waals surface area contributed by atoms with E-state index in [1.54, 1.807) is 12.4 Å². The molecule has 3 aromatic heterocycles. The quantitative estimate of drug-likeness (QED) is 0.481. The van der Waals surface area contributed by atoms with Gasteiger partial charge in [0, 0.05) is 11.8 Å². The second kappa shape index (κ2) is 5.74. The molecule has 2 aromatic carbocycles. The van der Waals surface area contributed by atoms with Crippen LogP contribution in [0.15, 0.2) is 73.2 Å². The third-order valence-corrected chi connectivity index (χ3v) is 4.44. The Kier molecular flexibility index (Phi) is 3.25. The minimum Gasteiger partial charge on any atom is -0.282 e. The molecular formula is C21H15N5. The van der Waals surface area contributed by atoms with Gasteiger partial charge in [-0.3, -0.25) is 9.38 Å². The fraction of sp³-hybridized carbons (Fsp3) is 0.0476. The van der Waals surface area contributed by atoms with Gasteiger partial charge in [-0.25, -0.2) is 15.0 Å². The van der Waals surface area contributed by atoms with Crippen LogP contribution in [-0.2, 0) is 0 Å². The predicted octanol–water partition coefficient (Wildman–Crippen LogP) is 4.31. The average molecular weight is 337 g/mol. The van der Waals surface area contributed by atoms with Gasteiger partial charge in [0.05, 0.1) is 34.8 Å². The van der Waals surface area contributed by atoms with Gasteiger partial charge in [0.1, 0.15) is 5.69 Å². The number of nitrogens with zero attached hydrogens (tertiary/aromatic N) is 5. The van der Waals surface area contributed by atoms with Gasteiger partial charge in [0.2, 0.25) is 5.78 Å². The standard InChI is InChI=1S/C21H15N5/c1-14-6-8-15(9-7-14)16-10-11-26-20(13-23-21(26)25-16)19-12-22-17-4-2-3-5-18(17)24-19/h2-13H,1H3. The number of hydrogen-bond donors (Lipinski definition) is 0. The molecule has 0 aliphatic heterocycles. The molecule has 0 fully saturated rings. The van der Waals surface area contributed by atoms with Gasteiger partial charge in [-0.05, 0) is 25.1 Å². The first-order chi connectivity index (χ1) is 12.8. The Morgan fingerprint density at radius 3 is 2.38 bits per heavy atom. The Labute approximate surface area is 150 Å². The molecule has 3 heterocycles. The maximum absolute atomic E-state index is 4.71. The topological polar surface area (TPSA) is 56.0 Å². The van der Waals surface area contributed by atoms with Crippen molar-refractivity contribution in [1.82, 2.24) is 24.3 Å². The lowest BCUT2D eigenvalue weighted by atomic mass is 10.1. The summed E-state index contributed by atoms with van der Waals surface area (Å²) < 4.78 is 1.94. The highest BCUT2D eigenvalue weighted by Gasteiger charge is 2.11. The van der Waals surface area contributed by atoms with E-state index in [0.717, 1.165) is 33.7 Å². The van der Waals surface area contributed by atoms with Crippen LogP contribution >= 0.6 is 0 Å². The van der Waals surface area contributed by atoms with Gasteiger partial charge in [-0.1, -0.05) is 42.0 Å². The van der Waals surface area contributed by atoms with Crippen LogP contribution in [0.2, 0.25) is 0 Å². The van der Waals surface area contributed by atoms with Crippen molar-refractivity contribution >= 4 is 16.8 Å². The third kappa shape index (κ3) is 2.41. The van der Waals surface area contributed by atoms with E-state index in [1.807, 2.05) is 40.9 Å². The van der Waals surface area contributed by atoms with Crippen LogP contribution < -0.4 is 0 Å². The van der Waals surface area contributed by atoms with E-state index < -0.39 is 0 Å². The molecular weight excluding hydrogens is 322 g/mol. The van der Waals surface area contributed by atoms with E-state index >= 15 is 0 Å². The summed E-state index contributed by atoms with van der Waals surface area (Å²) in [4.78, 5) is 18.4. The molecule has 5 aromatic rings. The average Bonchev–Trinajstić information content (AvgIpc) is 3.11. The molecule has 0 unspecified atom stereocenters.